The van der Waals surface area contributed by atoms with Crippen molar-refractivity contribution in [2.24, 2.45) is 0 Å². The van der Waals surface area contributed by atoms with Crippen molar-refractivity contribution in [2.45, 2.75) is 4.90 Å². The molecule has 3 rings (SSSR count). The fourth-order valence-corrected chi connectivity index (χ4v) is 4.03. The summed E-state index contributed by atoms with van der Waals surface area (Å²) in [7, 11) is 0.897. The van der Waals surface area contributed by atoms with E-state index in [1.54, 1.807) is 6.07 Å². The number of benzene rings is 2. The highest BCUT2D eigenvalue weighted by Crippen LogP contribution is 2.43. The summed E-state index contributed by atoms with van der Waals surface area (Å²) in [6.45, 7) is 0.0858. The van der Waals surface area contributed by atoms with E-state index in [0.717, 1.165) is 12.1 Å². The van der Waals surface area contributed by atoms with Crippen LogP contribution in [0.5, 0.6) is 17.2 Å². The van der Waals surface area contributed by atoms with Gasteiger partial charge in [0.15, 0.2) is 21.3 Å². The summed E-state index contributed by atoms with van der Waals surface area (Å²) in [5, 5.41) is 3.59. The quantitative estimate of drug-likeness (QED) is 0.554. The topological polar surface area (TPSA) is 99.6 Å². The van der Waals surface area contributed by atoms with E-state index in [9.17, 15) is 12.8 Å². The van der Waals surface area contributed by atoms with Crippen LogP contribution in [-0.2, 0) is 9.84 Å². The van der Waals surface area contributed by atoms with Crippen LogP contribution in [0.3, 0.4) is 0 Å². The first-order chi connectivity index (χ1) is 13.9. The Kier molecular flexibility index (Phi) is 6.02. The molecule has 8 nitrogen and oxygen atoms in total. The molecule has 0 aliphatic rings. The molecule has 1 N–H and O–H groups in total. The largest absolute Gasteiger partial charge is 0.493 e. The Morgan fingerprint density at radius 2 is 1.69 bits per heavy atom. The molecular formula is C19H20FN3O5S. The van der Waals surface area contributed by atoms with Gasteiger partial charge < -0.3 is 19.5 Å². The van der Waals surface area contributed by atoms with E-state index in [4.69, 9.17) is 14.2 Å². The van der Waals surface area contributed by atoms with Crippen LogP contribution in [0.4, 0.5) is 10.2 Å². The molecule has 0 aliphatic carbocycles. The standard InChI is InChI=1S/C19H20FN3O5S/c1-26-15-10-14-16(18(28-3)17(15)27-2)22-11-23-19(14)21-8-9-29(24,25)13-6-4-12(20)5-7-13/h4-7,10-11H,8-9H2,1-3H3,(H,21,22,23). The van der Waals surface area contributed by atoms with Gasteiger partial charge >= 0.3 is 0 Å². The molecule has 3 aromatic rings. The first-order valence-electron chi connectivity index (χ1n) is 8.57. The number of methoxy groups -OCH3 is 3. The average Bonchev–Trinajstić information content (AvgIpc) is 2.72. The van der Waals surface area contributed by atoms with Gasteiger partial charge in [0.05, 0.1) is 37.4 Å². The van der Waals surface area contributed by atoms with Crippen molar-refractivity contribution in [3.8, 4) is 17.2 Å². The highest BCUT2D eigenvalue weighted by atomic mass is 32.2. The van der Waals surface area contributed by atoms with Gasteiger partial charge in [0, 0.05) is 6.54 Å². The maximum Gasteiger partial charge on any atom is 0.205 e. The van der Waals surface area contributed by atoms with E-state index in [2.05, 4.69) is 15.3 Å². The molecule has 0 atom stereocenters. The second kappa shape index (κ2) is 8.48. The predicted molar refractivity (Wildman–Crippen MR) is 106 cm³/mol. The maximum atomic E-state index is 13.0. The summed E-state index contributed by atoms with van der Waals surface area (Å²) in [6, 6.07) is 6.40. The zero-order valence-corrected chi connectivity index (χ0v) is 16.9. The fraction of sp³-hybridized carbons (Fsp3) is 0.263. The molecule has 0 spiro atoms. The number of aromatic nitrogens is 2. The minimum Gasteiger partial charge on any atom is -0.493 e. The van der Waals surface area contributed by atoms with Gasteiger partial charge in [-0.1, -0.05) is 0 Å². The van der Waals surface area contributed by atoms with Gasteiger partial charge in [-0.2, -0.15) is 0 Å². The summed E-state index contributed by atoms with van der Waals surface area (Å²) in [5.74, 6) is 0.927. The number of sulfone groups is 1. The summed E-state index contributed by atoms with van der Waals surface area (Å²) < 4.78 is 54.0. The Bertz CT molecular complexity index is 1120. The van der Waals surface area contributed by atoms with Crippen molar-refractivity contribution in [2.75, 3.05) is 38.9 Å². The predicted octanol–water partition coefficient (Wildman–Crippen LogP) is 2.68. The third kappa shape index (κ3) is 4.16. The molecular weight excluding hydrogens is 401 g/mol. The van der Waals surface area contributed by atoms with Crippen molar-refractivity contribution in [1.82, 2.24) is 9.97 Å². The number of ether oxygens (including phenoxy) is 3. The smallest absolute Gasteiger partial charge is 0.205 e. The lowest BCUT2D eigenvalue weighted by Gasteiger charge is -2.16. The molecule has 0 radical (unpaired) electrons. The van der Waals surface area contributed by atoms with Crippen molar-refractivity contribution in [1.29, 1.82) is 0 Å². The second-order valence-corrected chi connectivity index (χ2v) is 8.07. The molecule has 29 heavy (non-hydrogen) atoms. The summed E-state index contributed by atoms with van der Waals surface area (Å²) in [6.07, 6.45) is 1.34. The minimum absolute atomic E-state index is 0.0568. The zero-order chi connectivity index (χ0) is 21.0. The summed E-state index contributed by atoms with van der Waals surface area (Å²) in [4.78, 5) is 8.50. The monoisotopic (exact) mass is 421 g/mol. The zero-order valence-electron chi connectivity index (χ0n) is 16.1. The molecule has 0 fully saturated rings. The van der Waals surface area contributed by atoms with Gasteiger partial charge in [-0.25, -0.2) is 22.8 Å². The first-order valence-corrected chi connectivity index (χ1v) is 10.2. The Morgan fingerprint density at radius 3 is 2.31 bits per heavy atom. The second-order valence-electron chi connectivity index (χ2n) is 5.96. The molecule has 0 saturated carbocycles. The number of hydrogen-bond donors (Lipinski definition) is 1. The highest BCUT2D eigenvalue weighted by Gasteiger charge is 2.20. The van der Waals surface area contributed by atoms with Crippen molar-refractivity contribution in [3.05, 3.63) is 42.5 Å². The van der Waals surface area contributed by atoms with Crippen molar-refractivity contribution >= 4 is 26.6 Å². The van der Waals surface area contributed by atoms with Gasteiger partial charge in [-0.3, -0.25) is 0 Å². The normalized spacial score (nSPS) is 11.3. The van der Waals surface area contributed by atoms with E-state index < -0.39 is 15.7 Å². The summed E-state index contributed by atoms with van der Waals surface area (Å²) in [5.41, 5.74) is 0.490. The third-order valence-electron chi connectivity index (χ3n) is 4.27. The lowest BCUT2D eigenvalue weighted by Crippen LogP contribution is -2.16. The number of nitrogens with one attached hydrogen (secondary N) is 1. The lowest BCUT2D eigenvalue weighted by molar-refractivity contribution is 0.327. The van der Waals surface area contributed by atoms with Crippen LogP contribution in [0, 0.1) is 5.82 Å². The molecule has 0 amide bonds. The average molecular weight is 421 g/mol. The summed E-state index contributed by atoms with van der Waals surface area (Å²) >= 11 is 0. The van der Waals surface area contributed by atoms with Gasteiger partial charge in [0.2, 0.25) is 5.75 Å². The Hall–Kier alpha value is -3.14. The van der Waals surface area contributed by atoms with Crippen molar-refractivity contribution < 1.29 is 27.0 Å². The molecule has 0 aliphatic heterocycles. The molecule has 0 unspecified atom stereocenters. The molecule has 2 aromatic carbocycles. The van der Waals surface area contributed by atoms with Crippen molar-refractivity contribution in [3.63, 3.8) is 0 Å². The first kappa shape index (κ1) is 20.6. The number of nitrogens with zero attached hydrogens (tertiary/aromatic N) is 2. The number of halogens is 1. The van der Waals surface area contributed by atoms with E-state index >= 15 is 0 Å². The number of rotatable bonds is 8. The van der Waals surface area contributed by atoms with Gasteiger partial charge in [0.1, 0.15) is 23.5 Å². The Balaban J connectivity index is 1.88. The molecule has 10 heteroatoms. The Labute approximate surface area is 167 Å². The van der Waals surface area contributed by atoms with Crippen LogP contribution < -0.4 is 19.5 Å². The number of hydrogen-bond acceptors (Lipinski definition) is 8. The van der Waals surface area contributed by atoms with Crippen LogP contribution in [-0.4, -0.2) is 52.0 Å². The van der Waals surface area contributed by atoms with Crippen LogP contribution in [0.15, 0.2) is 41.6 Å². The molecule has 0 bridgehead atoms. The highest BCUT2D eigenvalue weighted by molar-refractivity contribution is 7.91. The molecule has 1 heterocycles. The fourth-order valence-electron chi connectivity index (χ4n) is 2.87. The van der Waals surface area contributed by atoms with Gasteiger partial charge in [-0.05, 0) is 30.3 Å². The van der Waals surface area contributed by atoms with E-state index in [-0.39, 0.29) is 17.2 Å². The molecule has 0 saturated heterocycles. The lowest BCUT2D eigenvalue weighted by atomic mass is 10.2. The number of fused-ring (bicyclic) bond motifs is 1. The Morgan fingerprint density at radius 1 is 1.00 bits per heavy atom. The van der Waals surface area contributed by atoms with Crippen LogP contribution in [0.25, 0.3) is 10.9 Å². The SMILES string of the molecule is COc1cc2c(NCCS(=O)(=O)c3ccc(F)cc3)ncnc2c(OC)c1OC. The van der Waals surface area contributed by atoms with Crippen LogP contribution in [0.1, 0.15) is 0 Å². The van der Waals surface area contributed by atoms with Crippen LogP contribution >= 0.6 is 0 Å². The van der Waals surface area contributed by atoms with Crippen LogP contribution in [0.2, 0.25) is 0 Å². The maximum absolute atomic E-state index is 13.0. The molecule has 154 valence electrons. The van der Waals surface area contributed by atoms with Gasteiger partial charge in [0.25, 0.3) is 0 Å². The number of anilines is 1. The molecule has 1 aromatic heterocycles. The van der Waals surface area contributed by atoms with E-state index in [1.165, 1.54) is 39.8 Å². The van der Waals surface area contributed by atoms with Gasteiger partial charge in [-0.15, -0.1) is 0 Å². The van der Waals surface area contributed by atoms with E-state index in [0.29, 0.717) is 34.0 Å². The third-order valence-corrected chi connectivity index (χ3v) is 6.00. The van der Waals surface area contributed by atoms with E-state index in [1.807, 2.05) is 0 Å². The minimum atomic E-state index is -3.58.